The van der Waals surface area contributed by atoms with Crippen molar-refractivity contribution in [2.75, 3.05) is 26.2 Å². The normalized spacial score (nSPS) is 14.1. The van der Waals surface area contributed by atoms with Crippen molar-refractivity contribution in [2.45, 2.75) is 0 Å². The maximum absolute atomic E-state index is 13.5. The second-order valence-corrected chi connectivity index (χ2v) is 7.38. The monoisotopic (exact) mass is 412 g/mol. The Balaban J connectivity index is 1.42. The molecule has 0 saturated carbocycles. The highest BCUT2D eigenvalue weighted by molar-refractivity contribution is 6.07. The Morgan fingerprint density at radius 1 is 0.871 bits per heavy atom. The first-order valence-corrected chi connectivity index (χ1v) is 10.1. The van der Waals surface area contributed by atoms with Gasteiger partial charge in [-0.05, 0) is 36.4 Å². The molecule has 31 heavy (non-hydrogen) atoms. The number of carbonyl (C=O) groups is 2. The van der Waals surface area contributed by atoms with E-state index in [0.717, 1.165) is 16.5 Å². The Morgan fingerprint density at radius 3 is 2.35 bits per heavy atom. The van der Waals surface area contributed by atoms with Gasteiger partial charge in [-0.15, -0.1) is 0 Å². The Bertz CT molecular complexity index is 1230. The number of hydrogen-bond donors (Lipinski definition) is 0. The van der Waals surface area contributed by atoms with Crippen molar-refractivity contribution < 1.29 is 14.0 Å². The first-order chi connectivity index (χ1) is 15.2. The van der Waals surface area contributed by atoms with Gasteiger partial charge in [0.2, 0.25) is 0 Å². The molecular formula is C24H20N4O3. The van der Waals surface area contributed by atoms with E-state index in [1.54, 1.807) is 34.3 Å². The van der Waals surface area contributed by atoms with Crippen LogP contribution in [0.3, 0.4) is 0 Å². The average Bonchev–Trinajstić information content (AvgIpc) is 3.38. The lowest BCUT2D eigenvalue weighted by molar-refractivity contribution is 0.0519. The van der Waals surface area contributed by atoms with Crippen LogP contribution in [0.2, 0.25) is 0 Å². The molecule has 4 aromatic rings. The van der Waals surface area contributed by atoms with Crippen molar-refractivity contribution in [3.8, 4) is 11.3 Å². The molecule has 1 saturated heterocycles. The summed E-state index contributed by atoms with van der Waals surface area (Å²) in [5.74, 6) is 0.111. The minimum Gasteiger partial charge on any atom is -0.459 e. The fourth-order valence-corrected chi connectivity index (χ4v) is 3.85. The second-order valence-electron chi connectivity index (χ2n) is 7.38. The Kier molecular flexibility index (Phi) is 4.92. The van der Waals surface area contributed by atoms with E-state index in [4.69, 9.17) is 9.40 Å². The van der Waals surface area contributed by atoms with Crippen molar-refractivity contribution in [3.63, 3.8) is 0 Å². The van der Waals surface area contributed by atoms with Gasteiger partial charge in [0, 0.05) is 49.5 Å². The van der Waals surface area contributed by atoms with E-state index >= 15 is 0 Å². The summed E-state index contributed by atoms with van der Waals surface area (Å²) >= 11 is 0. The van der Waals surface area contributed by atoms with Crippen LogP contribution in [0.15, 0.2) is 77.7 Å². The van der Waals surface area contributed by atoms with Crippen LogP contribution >= 0.6 is 0 Å². The molecule has 1 aliphatic heterocycles. The second kappa shape index (κ2) is 8.02. The van der Waals surface area contributed by atoms with Crippen molar-refractivity contribution in [3.05, 3.63) is 84.6 Å². The molecule has 0 radical (unpaired) electrons. The minimum absolute atomic E-state index is 0.0613. The molecule has 1 aliphatic rings. The summed E-state index contributed by atoms with van der Waals surface area (Å²) in [5.41, 5.74) is 2.94. The fraction of sp³-hybridized carbons (Fsp3) is 0.167. The highest BCUT2D eigenvalue weighted by Crippen LogP contribution is 2.26. The van der Waals surface area contributed by atoms with Crippen LogP contribution in [-0.4, -0.2) is 57.8 Å². The predicted octanol–water partition coefficient (Wildman–Crippen LogP) is 3.49. The fourth-order valence-electron chi connectivity index (χ4n) is 3.85. The van der Waals surface area contributed by atoms with Gasteiger partial charge in [-0.2, -0.15) is 0 Å². The number of fused-ring (bicyclic) bond motifs is 1. The summed E-state index contributed by atoms with van der Waals surface area (Å²) in [7, 11) is 0. The number of rotatable bonds is 3. The quantitative estimate of drug-likeness (QED) is 0.515. The summed E-state index contributed by atoms with van der Waals surface area (Å²) in [4.78, 5) is 38.4. The Labute approximate surface area is 178 Å². The molecule has 7 nitrogen and oxygen atoms in total. The van der Waals surface area contributed by atoms with Crippen LogP contribution in [0.5, 0.6) is 0 Å². The molecular weight excluding hydrogens is 392 g/mol. The number of pyridine rings is 2. The number of amides is 2. The van der Waals surface area contributed by atoms with E-state index < -0.39 is 0 Å². The first-order valence-electron chi connectivity index (χ1n) is 10.1. The van der Waals surface area contributed by atoms with Gasteiger partial charge in [-0.25, -0.2) is 4.98 Å². The summed E-state index contributed by atoms with van der Waals surface area (Å²) in [6, 6.07) is 16.6. The van der Waals surface area contributed by atoms with Crippen LogP contribution in [0.1, 0.15) is 20.9 Å². The SMILES string of the molecule is O=C(c1ccco1)N1CCN(C(=O)c2cc(-c3cccnc3)nc3ccccc23)CC1. The van der Waals surface area contributed by atoms with Crippen LogP contribution in [-0.2, 0) is 0 Å². The van der Waals surface area contributed by atoms with Gasteiger partial charge in [0.05, 0.1) is 23.0 Å². The van der Waals surface area contributed by atoms with Crippen molar-refractivity contribution >= 4 is 22.7 Å². The van der Waals surface area contributed by atoms with E-state index in [1.807, 2.05) is 42.5 Å². The predicted molar refractivity (Wildman–Crippen MR) is 115 cm³/mol. The zero-order chi connectivity index (χ0) is 21.2. The molecule has 1 aromatic carbocycles. The number of furan rings is 1. The summed E-state index contributed by atoms with van der Waals surface area (Å²) in [6.45, 7) is 1.85. The zero-order valence-electron chi connectivity index (χ0n) is 16.8. The van der Waals surface area contributed by atoms with Crippen molar-refractivity contribution in [2.24, 2.45) is 0 Å². The molecule has 2 amide bonds. The number of aromatic nitrogens is 2. The van der Waals surface area contributed by atoms with E-state index in [-0.39, 0.29) is 11.8 Å². The molecule has 154 valence electrons. The number of para-hydroxylation sites is 1. The molecule has 0 spiro atoms. The summed E-state index contributed by atoms with van der Waals surface area (Å²) in [6.07, 6.45) is 4.94. The molecule has 0 unspecified atom stereocenters. The van der Waals surface area contributed by atoms with Gasteiger partial charge in [0.15, 0.2) is 5.76 Å². The van der Waals surface area contributed by atoms with Gasteiger partial charge in [-0.1, -0.05) is 18.2 Å². The van der Waals surface area contributed by atoms with Crippen LogP contribution in [0.4, 0.5) is 0 Å². The summed E-state index contributed by atoms with van der Waals surface area (Å²) in [5, 5.41) is 0.814. The summed E-state index contributed by atoms with van der Waals surface area (Å²) < 4.78 is 5.21. The van der Waals surface area contributed by atoms with Gasteiger partial charge in [0.25, 0.3) is 11.8 Å². The van der Waals surface area contributed by atoms with E-state index in [0.29, 0.717) is 43.2 Å². The molecule has 4 heterocycles. The average molecular weight is 412 g/mol. The third-order valence-corrected chi connectivity index (χ3v) is 5.49. The van der Waals surface area contributed by atoms with E-state index in [1.165, 1.54) is 6.26 Å². The third-order valence-electron chi connectivity index (χ3n) is 5.49. The van der Waals surface area contributed by atoms with Crippen LogP contribution in [0, 0.1) is 0 Å². The number of nitrogens with zero attached hydrogens (tertiary/aromatic N) is 4. The maximum atomic E-state index is 13.5. The zero-order valence-corrected chi connectivity index (χ0v) is 16.8. The molecule has 1 fully saturated rings. The number of piperazine rings is 1. The van der Waals surface area contributed by atoms with Gasteiger partial charge >= 0.3 is 0 Å². The molecule has 3 aromatic heterocycles. The molecule has 0 N–H and O–H groups in total. The largest absolute Gasteiger partial charge is 0.459 e. The minimum atomic E-state index is -0.148. The highest BCUT2D eigenvalue weighted by atomic mass is 16.3. The maximum Gasteiger partial charge on any atom is 0.289 e. The van der Waals surface area contributed by atoms with Gasteiger partial charge in [0.1, 0.15) is 0 Å². The molecule has 5 rings (SSSR count). The topological polar surface area (TPSA) is 79.5 Å². The lowest BCUT2D eigenvalue weighted by atomic mass is 10.0. The smallest absolute Gasteiger partial charge is 0.289 e. The van der Waals surface area contributed by atoms with Gasteiger partial charge in [-0.3, -0.25) is 14.6 Å². The van der Waals surface area contributed by atoms with Crippen molar-refractivity contribution in [1.29, 1.82) is 0 Å². The van der Waals surface area contributed by atoms with E-state index in [9.17, 15) is 9.59 Å². The number of benzene rings is 1. The third kappa shape index (κ3) is 3.66. The van der Waals surface area contributed by atoms with Crippen LogP contribution < -0.4 is 0 Å². The standard InChI is InChI=1S/C24H20N4O3/c29-23(27-10-12-28(13-11-27)24(30)22-8-4-14-31-22)19-15-21(17-5-3-9-25-16-17)26-20-7-2-1-6-18(19)20/h1-9,14-16H,10-13H2. The Morgan fingerprint density at radius 2 is 1.65 bits per heavy atom. The Hall–Kier alpha value is -4.00. The van der Waals surface area contributed by atoms with Gasteiger partial charge < -0.3 is 14.2 Å². The van der Waals surface area contributed by atoms with E-state index in [2.05, 4.69) is 4.98 Å². The highest BCUT2D eigenvalue weighted by Gasteiger charge is 2.27. The lowest BCUT2D eigenvalue weighted by Gasteiger charge is -2.34. The number of carbonyl (C=O) groups excluding carboxylic acids is 2. The van der Waals surface area contributed by atoms with Crippen molar-refractivity contribution in [1.82, 2.24) is 19.8 Å². The molecule has 0 bridgehead atoms. The number of hydrogen-bond acceptors (Lipinski definition) is 5. The lowest BCUT2D eigenvalue weighted by Crippen LogP contribution is -2.50. The first kappa shape index (κ1) is 19.0. The molecule has 0 atom stereocenters. The van der Waals surface area contributed by atoms with Crippen LogP contribution in [0.25, 0.3) is 22.2 Å². The molecule has 0 aliphatic carbocycles. The molecule has 7 heteroatoms.